The van der Waals surface area contributed by atoms with Crippen molar-refractivity contribution < 1.29 is 18.9 Å². The third-order valence-electron chi connectivity index (χ3n) is 1.79. The first-order chi connectivity index (χ1) is 7.31. The smallest absolute Gasteiger partial charge is 0.358 e. The molecule has 0 saturated carbocycles. The molecule has 0 aliphatic heterocycles. The van der Waals surface area contributed by atoms with Gasteiger partial charge in [-0.3, -0.25) is 4.52 Å². The summed E-state index contributed by atoms with van der Waals surface area (Å²) in [6.45, 7) is -2.68. The van der Waals surface area contributed by atoms with Crippen molar-refractivity contribution in [2.24, 2.45) is 0 Å². The van der Waals surface area contributed by atoms with Crippen molar-refractivity contribution in [3.63, 3.8) is 0 Å². The van der Waals surface area contributed by atoms with Gasteiger partial charge in [-0.1, -0.05) is 0 Å². The van der Waals surface area contributed by atoms with Crippen LogP contribution in [0.4, 0.5) is 5.82 Å². The molecule has 0 aliphatic carbocycles. The van der Waals surface area contributed by atoms with Crippen molar-refractivity contribution in [2.75, 3.05) is 6.61 Å². The Balaban J connectivity index is 2.70. The van der Waals surface area contributed by atoms with E-state index in [4.69, 9.17) is 16.1 Å². The lowest BCUT2D eigenvalue weighted by Crippen LogP contribution is -2.09. The molecule has 0 aromatic carbocycles. The number of hydrogen-bond donors (Lipinski definition) is 1. The van der Waals surface area contributed by atoms with E-state index in [0.29, 0.717) is 5.82 Å². The zero-order chi connectivity index (χ0) is 12.3. The number of rotatable bonds is 5. The first-order valence-electron chi connectivity index (χ1n) is 4.15. The van der Waals surface area contributed by atoms with Gasteiger partial charge < -0.3 is 15.0 Å². The lowest BCUT2D eigenvalue weighted by Gasteiger charge is -2.04. The summed E-state index contributed by atoms with van der Waals surface area (Å²) in [7, 11) is 0. The number of imidazole rings is 1. The molecule has 0 radical (unpaired) electrons. The van der Waals surface area contributed by atoms with Crippen LogP contribution < -0.4 is 0 Å². The van der Waals surface area contributed by atoms with Gasteiger partial charge in [-0.2, -0.15) is 0 Å². The Morgan fingerprint density at radius 1 is 1.81 bits per heavy atom. The zero-order valence-electron chi connectivity index (χ0n) is 8.24. The third kappa shape index (κ3) is 3.57. The van der Waals surface area contributed by atoms with E-state index in [1.165, 1.54) is 4.57 Å². The maximum absolute atomic E-state index is 10.6. The highest BCUT2D eigenvalue weighted by Crippen LogP contribution is 2.47. The molecule has 1 heterocycles. The molecule has 0 bridgehead atoms. The maximum Gasteiger partial charge on any atom is 0.421 e. The van der Waals surface area contributed by atoms with Crippen LogP contribution in [0.1, 0.15) is 5.82 Å². The summed E-state index contributed by atoms with van der Waals surface area (Å²) in [6, 6.07) is 0. The topological polar surface area (TPSA) is 107 Å². The molecular formula is C6H9ClN3O5P. The van der Waals surface area contributed by atoms with Gasteiger partial charge in [0.25, 0.3) is 0 Å². The molecule has 0 aliphatic rings. The van der Waals surface area contributed by atoms with Gasteiger partial charge in [0.15, 0.2) is 5.82 Å². The van der Waals surface area contributed by atoms with E-state index in [-0.39, 0.29) is 19.0 Å². The maximum atomic E-state index is 10.6. The van der Waals surface area contributed by atoms with Crippen LogP contribution in [0, 0.1) is 17.0 Å². The summed E-state index contributed by atoms with van der Waals surface area (Å²) in [6.07, 6.45) is 1.11. The minimum absolute atomic E-state index is 0.0272. The Morgan fingerprint density at radius 3 is 2.94 bits per heavy atom. The Morgan fingerprint density at radius 2 is 2.44 bits per heavy atom. The molecule has 1 atom stereocenters. The lowest BCUT2D eigenvalue weighted by molar-refractivity contribution is -0.392. The number of aryl methyl sites for hydroxylation is 1. The predicted octanol–water partition coefficient (Wildman–Crippen LogP) is 1.46. The Hall–Kier alpha value is -0.950. The normalized spacial score (nSPS) is 14.7. The first-order valence-corrected chi connectivity index (χ1v) is 6.63. The Kier molecular flexibility index (Phi) is 4.03. The molecule has 0 amide bonds. The summed E-state index contributed by atoms with van der Waals surface area (Å²) >= 11 is 4.95. The van der Waals surface area contributed by atoms with Crippen LogP contribution in [-0.2, 0) is 15.6 Å². The molecular weight excluding hydrogens is 261 g/mol. The van der Waals surface area contributed by atoms with E-state index in [9.17, 15) is 14.7 Å². The average molecular weight is 270 g/mol. The largest absolute Gasteiger partial charge is 0.421 e. The average Bonchev–Trinajstić information content (AvgIpc) is 2.46. The van der Waals surface area contributed by atoms with Crippen LogP contribution in [0.25, 0.3) is 0 Å². The molecule has 0 fully saturated rings. The summed E-state index contributed by atoms with van der Waals surface area (Å²) in [5, 5.41) is 10.6. The van der Waals surface area contributed by atoms with Crippen molar-refractivity contribution in [1.82, 2.24) is 9.55 Å². The van der Waals surface area contributed by atoms with Crippen molar-refractivity contribution in [3.8, 4) is 0 Å². The monoisotopic (exact) mass is 269 g/mol. The molecule has 1 rings (SSSR count). The van der Waals surface area contributed by atoms with Gasteiger partial charge >= 0.3 is 12.8 Å². The van der Waals surface area contributed by atoms with Gasteiger partial charge in [0.2, 0.25) is 0 Å². The van der Waals surface area contributed by atoms with Crippen LogP contribution in [0.5, 0.6) is 0 Å². The van der Waals surface area contributed by atoms with Crippen molar-refractivity contribution >= 4 is 24.0 Å². The Bertz CT molecular complexity index is 441. The lowest BCUT2D eigenvalue weighted by atomic mass is 10.6. The molecule has 1 unspecified atom stereocenters. The fourth-order valence-corrected chi connectivity index (χ4v) is 1.64. The van der Waals surface area contributed by atoms with Crippen molar-refractivity contribution in [1.29, 1.82) is 0 Å². The van der Waals surface area contributed by atoms with Crippen molar-refractivity contribution in [3.05, 3.63) is 22.1 Å². The molecule has 8 nitrogen and oxygen atoms in total. The molecule has 16 heavy (non-hydrogen) atoms. The SMILES string of the molecule is Cc1ncc([N+](=O)[O-])n1CCOP(=O)(O)Cl. The summed E-state index contributed by atoms with van der Waals surface area (Å²) in [5.41, 5.74) is 0. The van der Waals surface area contributed by atoms with E-state index >= 15 is 0 Å². The molecule has 90 valence electrons. The van der Waals surface area contributed by atoms with Crippen LogP contribution in [-0.4, -0.2) is 26.0 Å². The third-order valence-corrected chi connectivity index (χ3v) is 2.58. The highest BCUT2D eigenvalue weighted by Gasteiger charge is 2.19. The predicted molar refractivity (Wildman–Crippen MR) is 55.2 cm³/mol. The van der Waals surface area contributed by atoms with Gasteiger partial charge in [0.1, 0.15) is 12.7 Å². The van der Waals surface area contributed by atoms with Crippen molar-refractivity contribution in [2.45, 2.75) is 13.5 Å². The zero-order valence-corrected chi connectivity index (χ0v) is 9.89. The number of nitrogens with zero attached hydrogens (tertiary/aromatic N) is 3. The number of halogens is 1. The van der Waals surface area contributed by atoms with E-state index in [0.717, 1.165) is 6.20 Å². The van der Waals surface area contributed by atoms with E-state index < -0.39 is 11.9 Å². The van der Waals surface area contributed by atoms with Gasteiger partial charge in [-0.05, 0) is 4.92 Å². The summed E-state index contributed by atoms with van der Waals surface area (Å²) < 4.78 is 16.2. The summed E-state index contributed by atoms with van der Waals surface area (Å²) in [4.78, 5) is 22.4. The second kappa shape index (κ2) is 4.92. The standard InChI is InChI=1S/C6H9ClN3O5P/c1-5-8-4-6(10(11)12)9(5)2-3-15-16(7,13)14/h4H,2-3H2,1H3,(H,13,14). The molecule has 0 saturated heterocycles. The fraction of sp³-hybridized carbons (Fsp3) is 0.500. The quantitative estimate of drug-likeness (QED) is 0.492. The van der Waals surface area contributed by atoms with Crippen LogP contribution in [0.15, 0.2) is 6.20 Å². The highest BCUT2D eigenvalue weighted by atomic mass is 35.7. The molecule has 1 aromatic rings. The van der Waals surface area contributed by atoms with Crippen LogP contribution in [0.2, 0.25) is 0 Å². The van der Waals surface area contributed by atoms with Crippen LogP contribution >= 0.6 is 18.2 Å². The number of nitro groups is 1. The minimum Gasteiger partial charge on any atom is -0.358 e. The van der Waals surface area contributed by atoms with E-state index in [2.05, 4.69) is 9.51 Å². The summed E-state index contributed by atoms with van der Waals surface area (Å²) in [5.74, 6) is 0.209. The first kappa shape index (κ1) is 13.1. The van der Waals surface area contributed by atoms with E-state index in [1.54, 1.807) is 6.92 Å². The Labute approximate surface area is 95.3 Å². The molecule has 10 heteroatoms. The van der Waals surface area contributed by atoms with E-state index in [1.807, 2.05) is 0 Å². The number of aromatic nitrogens is 2. The minimum atomic E-state index is -4.07. The molecule has 1 aromatic heterocycles. The second-order valence-corrected chi connectivity index (χ2v) is 5.30. The number of hydrogen-bond acceptors (Lipinski definition) is 5. The molecule has 1 N–H and O–H groups in total. The van der Waals surface area contributed by atoms with Gasteiger partial charge in [0.05, 0.1) is 6.61 Å². The highest BCUT2D eigenvalue weighted by molar-refractivity contribution is 7.80. The fourth-order valence-electron chi connectivity index (χ4n) is 1.12. The second-order valence-electron chi connectivity index (χ2n) is 2.86. The molecule has 0 spiro atoms. The van der Waals surface area contributed by atoms with Gasteiger partial charge in [0, 0.05) is 18.2 Å². The van der Waals surface area contributed by atoms with Crippen LogP contribution in [0.3, 0.4) is 0 Å². The van der Waals surface area contributed by atoms with Gasteiger partial charge in [-0.25, -0.2) is 14.1 Å². The van der Waals surface area contributed by atoms with Gasteiger partial charge in [-0.15, -0.1) is 0 Å².